The molecular weight excluding hydrogens is 82.9 g/mol. The number of hydrogen-bond acceptors (Lipinski definition) is 0. The van der Waals surface area contributed by atoms with Crippen molar-refractivity contribution in [2.75, 3.05) is 0 Å². The zero-order valence-corrected chi connectivity index (χ0v) is 5.11. The van der Waals surface area contributed by atoms with Gasteiger partial charge < -0.3 is 0 Å². The molecule has 0 saturated heterocycles. The van der Waals surface area contributed by atoms with E-state index in [0.717, 1.165) is 5.82 Å². The Morgan fingerprint density at radius 1 is 1.00 bits per heavy atom. The maximum absolute atomic E-state index is 2.36. The summed E-state index contributed by atoms with van der Waals surface area (Å²) < 4.78 is 0. The molecule has 0 spiro atoms. The van der Waals surface area contributed by atoms with Crippen LogP contribution in [-0.2, 0) is 0 Å². The number of rotatable bonds is 0. The minimum absolute atomic E-state index is 1.04. The molecule has 1 aliphatic rings. The van der Waals surface area contributed by atoms with E-state index in [1.165, 1.54) is 32.1 Å². The summed E-state index contributed by atoms with van der Waals surface area (Å²) in [6.45, 7) is 0. The van der Waals surface area contributed by atoms with Crippen LogP contribution in [0.5, 0.6) is 0 Å². The highest BCUT2D eigenvalue weighted by Crippen LogP contribution is 2.24. The quantitative estimate of drug-likeness (QED) is 0.399. The van der Waals surface area contributed by atoms with Gasteiger partial charge in [0, 0.05) is 0 Å². The molecule has 0 atom stereocenters. The molecule has 0 radical (unpaired) electrons. The van der Waals surface area contributed by atoms with E-state index in [-0.39, 0.29) is 0 Å². The SMILES string of the molecule is BC1CCCCC1. The first-order valence-electron chi connectivity index (χ1n) is 3.39. The maximum Gasteiger partial charge on any atom is 0.105 e. The minimum atomic E-state index is 1.04. The lowest BCUT2D eigenvalue weighted by molar-refractivity contribution is 0.504. The van der Waals surface area contributed by atoms with E-state index < -0.39 is 0 Å². The summed E-state index contributed by atoms with van der Waals surface area (Å²) in [4.78, 5) is 0. The molecule has 0 heterocycles. The summed E-state index contributed by atoms with van der Waals surface area (Å²) in [5.41, 5.74) is 0. The monoisotopic (exact) mass is 96.1 g/mol. The van der Waals surface area contributed by atoms with Crippen LogP contribution in [0.25, 0.3) is 0 Å². The van der Waals surface area contributed by atoms with E-state index >= 15 is 0 Å². The molecule has 0 N–H and O–H groups in total. The van der Waals surface area contributed by atoms with Gasteiger partial charge in [0.05, 0.1) is 0 Å². The van der Waals surface area contributed by atoms with Crippen LogP contribution in [0.3, 0.4) is 0 Å². The Bertz CT molecular complexity index is 46.1. The average Bonchev–Trinajstić information content (AvgIpc) is 1.69. The molecule has 0 aromatic heterocycles. The van der Waals surface area contributed by atoms with E-state index in [9.17, 15) is 0 Å². The summed E-state index contributed by atoms with van der Waals surface area (Å²) in [7, 11) is 2.36. The van der Waals surface area contributed by atoms with Crippen molar-refractivity contribution in [2.45, 2.75) is 37.9 Å². The predicted molar refractivity (Wildman–Crippen MR) is 35.4 cm³/mol. The normalized spacial score (nSPS) is 25.1. The van der Waals surface area contributed by atoms with Gasteiger partial charge in [0.2, 0.25) is 0 Å². The Hall–Kier alpha value is 0.0649. The molecule has 1 aliphatic carbocycles. The third-order valence-corrected chi connectivity index (χ3v) is 1.89. The van der Waals surface area contributed by atoms with Gasteiger partial charge in [0.1, 0.15) is 7.85 Å². The van der Waals surface area contributed by atoms with Crippen molar-refractivity contribution in [2.24, 2.45) is 0 Å². The fraction of sp³-hybridized carbons (Fsp3) is 1.00. The fourth-order valence-corrected chi connectivity index (χ4v) is 1.31. The second-order valence-corrected chi connectivity index (χ2v) is 2.74. The molecule has 1 heteroatoms. The van der Waals surface area contributed by atoms with Gasteiger partial charge >= 0.3 is 0 Å². The van der Waals surface area contributed by atoms with E-state index in [4.69, 9.17) is 0 Å². The lowest BCUT2D eigenvalue weighted by Crippen LogP contribution is -1.98. The molecular formula is C6H13B. The third kappa shape index (κ3) is 1.54. The zero-order valence-electron chi connectivity index (χ0n) is 5.11. The lowest BCUT2D eigenvalue weighted by atomic mass is 9.76. The highest BCUT2D eigenvalue weighted by molar-refractivity contribution is 6.11. The first-order valence-corrected chi connectivity index (χ1v) is 3.39. The molecule has 0 nitrogen and oxygen atoms in total. The highest BCUT2D eigenvalue weighted by Gasteiger charge is 2.06. The molecule has 0 aromatic rings. The van der Waals surface area contributed by atoms with Crippen LogP contribution in [0, 0.1) is 0 Å². The van der Waals surface area contributed by atoms with Gasteiger partial charge in [-0.05, 0) is 0 Å². The molecule has 40 valence electrons. The van der Waals surface area contributed by atoms with Crippen LogP contribution >= 0.6 is 0 Å². The smallest absolute Gasteiger partial charge is 0.0697 e. The summed E-state index contributed by atoms with van der Waals surface area (Å²) in [6, 6.07) is 0. The average molecular weight is 96.0 g/mol. The van der Waals surface area contributed by atoms with Crippen molar-refractivity contribution in [1.82, 2.24) is 0 Å². The van der Waals surface area contributed by atoms with Crippen molar-refractivity contribution in [1.29, 1.82) is 0 Å². The van der Waals surface area contributed by atoms with Gasteiger partial charge in [0.15, 0.2) is 0 Å². The van der Waals surface area contributed by atoms with E-state index in [1.807, 2.05) is 0 Å². The van der Waals surface area contributed by atoms with Gasteiger partial charge in [-0.1, -0.05) is 37.9 Å². The van der Waals surface area contributed by atoms with Gasteiger partial charge in [-0.15, -0.1) is 0 Å². The van der Waals surface area contributed by atoms with E-state index in [2.05, 4.69) is 7.85 Å². The molecule has 0 amide bonds. The molecule has 0 aliphatic heterocycles. The fourth-order valence-electron chi connectivity index (χ4n) is 1.31. The van der Waals surface area contributed by atoms with E-state index in [0.29, 0.717) is 0 Å². The number of hydrogen-bond donors (Lipinski definition) is 0. The Labute approximate surface area is 46.7 Å². The van der Waals surface area contributed by atoms with E-state index in [1.54, 1.807) is 0 Å². The molecule has 1 fully saturated rings. The molecule has 1 saturated carbocycles. The summed E-state index contributed by atoms with van der Waals surface area (Å²) in [5, 5.41) is 0. The van der Waals surface area contributed by atoms with Crippen molar-refractivity contribution in [3.8, 4) is 0 Å². The predicted octanol–water partition coefficient (Wildman–Crippen LogP) is 1.37. The summed E-state index contributed by atoms with van der Waals surface area (Å²) in [6.07, 6.45) is 7.44. The molecule has 0 unspecified atom stereocenters. The maximum atomic E-state index is 2.36. The summed E-state index contributed by atoms with van der Waals surface area (Å²) in [5.74, 6) is 1.04. The first-order chi connectivity index (χ1) is 3.39. The first kappa shape index (κ1) is 5.21. The Kier molecular flexibility index (Phi) is 1.78. The van der Waals surface area contributed by atoms with Crippen LogP contribution < -0.4 is 0 Å². The Morgan fingerprint density at radius 2 is 1.57 bits per heavy atom. The second-order valence-electron chi connectivity index (χ2n) is 2.74. The Balaban J connectivity index is 2.12. The van der Waals surface area contributed by atoms with Crippen LogP contribution in [0.4, 0.5) is 0 Å². The Morgan fingerprint density at radius 3 is 1.86 bits per heavy atom. The molecule has 0 aromatic carbocycles. The van der Waals surface area contributed by atoms with Crippen molar-refractivity contribution < 1.29 is 0 Å². The molecule has 7 heavy (non-hydrogen) atoms. The largest absolute Gasteiger partial charge is 0.105 e. The van der Waals surface area contributed by atoms with Crippen molar-refractivity contribution in [3.05, 3.63) is 0 Å². The third-order valence-electron chi connectivity index (χ3n) is 1.89. The van der Waals surface area contributed by atoms with Crippen molar-refractivity contribution in [3.63, 3.8) is 0 Å². The second kappa shape index (κ2) is 2.39. The zero-order chi connectivity index (χ0) is 5.11. The van der Waals surface area contributed by atoms with Gasteiger partial charge in [-0.3, -0.25) is 0 Å². The highest BCUT2D eigenvalue weighted by atomic mass is 14.1. The van der Waals surface area contributed by atoms with Crippen LogP contribution in [0.2, 0.25) is 5.82 Å². The van der Waals surface area contributed by atoms with Gasteiger partial charge in [0.25, 0.3) is 0 Å². The van der Waals surface area contributed by atoms with Gasteiger partial charge in [-0.2, -0.15) is 0 Å². The molecule has 0 bridgehead atoms. The topological polar surface area (TPSA) is 0 Å². The van der Waals surface area contributed by atoms with Crippen LogP contribution in [0.15, 0.2) is 0 Å². The minimum Gasteiger partial charge on any atom is -0.0697 e. The van der Waals surface area contributed by atoms with Crippen molar-refractivity contribution >= 4 is 7.85 Å². The molecule has 1 rings (SSSR count). The standard InChI is InChI=1S/C6H13B/c7-6-4-2-1-3-5-6/h6H,1-5,7H2. The summed E-state index contributed by atoms with van der Waals surface area (Å²) >= 11 is 0. The van der Waals surface area contributed by atoms with Crippen LogP contribution in [0.1, 0.15) is 32.1 Å². The lowest BCUT2D eigenvalue weighted by Gasteiger charge is -2.15. The van der Waals surface area contributed by atoms with Crippen LogP contribution in [-0.4, -0.2) is 7.85 Å². The van der Waals surface area contributed by atoms with Gasteiger partial charge in [-0.25, -0.2) is 0 Å².